The number of hydrogen-bond donors (Lipinski definition) is 1. The number of aromatic nitrogens is 2. The van der Waals surface area contributed by atoms with Crippen molar-refractivity contribution < 1.29 is 4.74 Å². The molecule has 0 aliphatic carbocycles. The van der Waals surface area contributed by atoms with E-state index in [0.717, 1.165) is 40.8 Å². The largest absolute Gasteiger partial charge is 0.497 e. The molecule has 0 bridgehead atoms. The maximum atomic E-state index is 5.21. The Balaban J connectivity index is 2.08. The molecule has 0 unspecified atom stereocenters. The van der Waals surface area contributed by atoms with Gasteiger partial charge in [-0.2, -0.15) is 0 Å². The monoisotopic (exact) mass is 263 g/mol. The van der Waals surface area contributed by atoms with Crippen LogP contribution in [0.2, 0.25) is 0 Å². The third-order valence-electron chi connectivity index (χ3n) is 2.55. The average Bonchev–Trinajstić information content (AvgIpc) is 2.88. The fourth-order valence-electron chi connectivity index (χ4n) is 1.60. The molecule has 2 aromatic rings. The Hall–Kier alpha value is -1.46. The molecular formula is C13H17N3OS. The van der Waals surface area contributed by atoms with Crippen LogP contribution in [0.25, 0.3) is 10.6 Å². The van der Waals surface area contributed by atoms with Crippen LogP contribution >= 0.6 is 11.3 Å². The number of rotatable bonds is 6. The van der Waals surface area contributed by atoms with Gasteiger partial charge in [0, 0.05) is 18.5 Å². The third-order valence-corrected chi connectivity index (χ3v) is 3.58. The summed E-state index contributed by atoms with van der Waals surface area (Å²) >= 11 is 1.64. The molecule has 2 rings (SSSR count). The van der Waals surface area contributed by atoms with Gasteiger partial charge in [0.05, 0.1) is 7.11 Å². The highest BCUT2D eigenvalue weighted by Crippen LogP contribution is 2.26. The highest BCUT2D eigenvalue weighted by Gasteiger charge is 2.07. The summed E-state index contributed by atoms with van der Waals surface area (Å²) in [7, 11) is 1.67. The minimum Gasteiger partial charge on any atom is -0.497 e. The van der Waals surface area contributed by atoms with Gasteiger partial charge >= 0.3 is 0 Å². The molecule has 96 valence electrons. The number of nitrogens with one attached hydrogen (secondary N) is 1. The van der Waals surface area contributed by atoms with E-state index in [9.17, 15) is 0 Å². The zero-order valence-electron chi connectivity index (χ0n) is 10.6. The Kier molecular flexibility index (Phi) is 4.66. The molecule has 0 atom stereocenters. The van der Waals surface area contributed by atoms with Crippen molar-refractivity contribution in [3.8, 4) is 16.3 Å². The Bertz CT molecular complexity index is 498. The molecule has 1 heterocycles. The fourth-order valence-corrected chi connectivity index (χ4v) is 2.43. The van der Waals surface area contributed by atoms with E-state index in [1.165, 1.54) is 0 Å². The van der Waals surface area contributed by atoms with E-state index in [4.69, 9.17) is 4.74 Å². The normalized spacial score (nSPS) is 10.6. The van der Waals surface area contributed by atoms with Crippen LogP contribution in [-0.2, 0) is 6.42 Å². The van der Waals surface area contributed by atoms with Gasteiger partial charge in [-0.15, -0.1) is 10.2 Å². The highest BCUT2D eigenvalue weighted by atomic mass is 32.1. The molecular weight excluding hydrogens is 246 g/mol. The van der Waals surface area contributed by atoms with Crippen LogP contribution in [0.15, 0.2) is 24.3 Å². The van der Waals surface area contributed by atoms with E-state index in [1.54, 1.807) is 18.4 Å². The second-order valence-corrected chi connectivity index (χ2v) is 4.90. The lowest BCUT2D eigenvalue weighted by Gasteiger charge is -2.00. The number of ether oxygens (including phenoxy) is 1. The van der Waals surface area contributed by atoms with Gasteiger partial charge in [-0.05, 0) is 18.7 Å². The molecule has 0 saturated carbocycles. The molecule has 0 fully saturated rings. The van der Waals surface area contributed by atoms with Crippen LogP contribution < -0.4 is 10.1 Å². The van der Waals surface area contributed by atoms with Gasteiger partial charge in [-0.25, -0.2) is 0 Å². The molecule has 0 aliphatic rings. The van der Waals surface area contributed by atoms with Crippen molar-refractivity contribution >= 4 is 11.3 Å². The minimum absolute atomic E-state index is 0.844. The quantitative estimate of drug-likeness (QED) is 0.813. The summed E-state index contributed by atoms with van der Waals surface area (Å²) in [5, 5.41) is 13.7. The second kappa shape index (κ2) is 6.47. The highest BCUT2D eigenvalue weighted by molar-refractivity contribution is 7.14. The first-order chi connectivity index (χ1) is 8.83. The molecule has 1 N–H and O–H groups in total. The summed E-state index contributed by atoms with van der Waals surface area (Å²) in [6.07, 6.45) is 0.926. The van der Waals surface area contributed by atoms with Crippen LogP contribution in [0.5, 0.6) is 5.75 Å². The predicted molar refractivity (Wildman–Crippen MR) is 74.1 cm³/mol. The van der Waals surface area contributed by atoms with Gasteiger partial charge in [0.25, 0.3) is 0 Å². The van der Waals surface area contributed by atoms with Crippen LogP contribution in [0.3, 0.4) is 0 Å². The van der Waals surface area contributed by atoms with E-state index in [0.29, 0.717) is 0 Å². The summed E-state index contributed by atoms with van der Waals surface area (Å²) in [6, 6.07) is 7.90. The maximum Gasteiger partial charge on any atom is 0.147 e. The van der Waals surface area contributed by atoms with Crippen molar-refractivity contribution in [3.63, 3.8) is 0 Å². The van der Waals surface area contributed by atoms with E-state index in [2.05, 4.69) is 22.4 Å². The Labute approximate surface area is 111 Å². The zero-order chi connectivity index (χ0) is 12.8. The number of hydrogen-bond acceptors (Lipinski definition) is 5. The topological polar surface area (TPSA) is 47.0 Å². The summed E-state index contributed by atoms with van der Waals surface area (Å²) in [5.41, 5.74) is 1.06. The average molecular weight is 263 g/mol. The predicted octanol–water partition coefficient (Wildman–Crippen LogP) is 2.37. The summed E-state index contributed by atoms with van der Waals surface area (Å²) in [4.78, 5) is 0. The lowest BCUT2D eigenvalue weighted by Crippen LogP contribution is -2.15. The Morgan fingerprint density at radius 2 is 2.22 bits per heavy atom. The standard InChI is InChI=1S/C13H17N3OS/c1-3-14-8-7-12-15-16-13(18-12)10-5-4-6-11(9-10)17-2/h4-6,9,14H,3,7-8H2,1-2H3. The summed E-state index contributed by atoms with van der Waals surface area (Å²) in [6.45, 7) is 4.03. The Morgan fingerprint density at radius 3 is 3.00 bits per heavy atom. The van der Waals surface area contributed by atoms with Crippen LogP contribution in [0.1, 0.15) is 11.9 Å². The molecule has 18 heavy (non-hydrogen) atoms. The molecule has 4 nitrogen and oxygen atoms in total. The zero-order valence-corrected chi connectivity index (χ0v) is 11.5. The van der Waals surface area contributed by atoms with Crippen LogP contribution in [0, 0.1) is 0 Å². The molecule has 0 radical (unpaired) electrons. The Morgan fingerprint density at radius 1 is 1.33 bits per heavy atom. The minimum atomic E-state index is 0.844. The van der Waals surface area contributed by atoms with Crippen molar-refractivity contribution in [3.05, 3.63) is 29.3 Å². The van der Waals surface area contributed by atoms with Gasteiger partial charge in [-0.1, -0.05) is 30.4 Å². The van der Waals surface area contributed by atoms with Crippen molar-refractivity contribution in [1.29, 1.82) is 0 Å². The summed E-state index contributed by atoms with van der Waals surface area (Å²) < 4.78 is 5.21. The van der Waals surface area contributed by atoms with Crippen molar-refractivity contribution in [2.24, 2.45) is 0 Å². The molecule has 1 aromatic carbocycles. The number of benzene rings is 1. The van der Waals surface area contributed by atoms with Gasteiger partial charge in [0.1, 0.15) is 15.8 Å². The lowest BCUT2D eigenvalue weighted by molar-refractivity contribution is 0.415. The number of nitrogens with zero attached hydrogens (tertiary/aromatic N) is 2. The molecule has 0 amide bonds. The van der Waals surface area contributed by atoms with E-state index >= 15 is 0 Å². The van der Waals surface area contributed by atoms with Crippen molar-refractivity contribution in [2.45, 2.75) is 13.3 Å². The number of likely N-dealkylation sites (N-methyl/N-ethyl adjacent to an activating group) is 1. The summed E-state index contributed by atoms with van der Waals surface area (Å²) in [5.74, 6) is 0.844. The molecule has 5 heteroatoms. The van der Waals surface area contributed by atoms with Crippen LogP contribution in [0.4, 0.5) is 0 Å². The molecule has 1 aromatic heterocycles. The first-order valence-corrected chi connectivity index (χ1v) is 6.82. The van der Waals surface area contributed by atoms with Gasteiger partial charge < -0.3 is 10.1 Å². The lowest BCUT2D eigenvalue weighted by atomic mass is 10.2. The van der Waals surface area contributed by atoms with Gasteiger partial charge in [-0.3, -0.25) is 0 Å². The molecule has 0 spiro atoms. The molecule has 0 aliphatic heterocycles. The maximum absolute atomic E-state index is 5.21. The van der Waals surface area contributed by atoms with E-state index in [1.807, 2.05) is 24.3 Å². The fraction of sp³-hybridized carbons (Fsp3) is 0.385. The smallest absolute Gasteiger partial charge is 0.147 e. The first-order valence-electron chi connectivity index (χ1n) is 6.01. The first kappa shape index (κ1) is 13.0. The second-order valence-electron chi connectivity index (χ2n) is 3.84. The van der Waals surface area contributed by atoms with Gasteiger partial charge in [0.2, 0.25) is 0 Å². The molecule has 0 saturated heterocycles. The van der Waals surface area contributed by atoms with Crippen LogP contribution in [-0.4, -0.2) is 30.4 Å². The van der Waals surface area contributed by atoms with Gasteiger partial charge in [0.15, 0.2) is 0 Å². The van der Waals surface area contributed by atoms with Crippen molar-refractivity contribution in [1.82, 2.24) is 15.5 Å². The van der Waals surface area contributed by atoms with E-state index in [-0.39, 0.29) is 0 Å². The van der Waals surface area contributed by atoms with E-state index < -0.39 is 0 Å². The SMILES string of the molecule is CCNCCc1nnc(-c2cccc(OC)c2)s1. The third kappa shape index (κ3) is 3.27. The number of methoxy groups -OCH3 is 1. The van der Waals surface area contributed by atoms with Crippen molar-refractivity contribution in [2.75, 3.05) is 20.2 Å².